The van der Waals surface area contributed by atoms with Gasteiger partial charge in [0.2, 0.25) is 17.7 Å². The van der Waals surface area contributed by atoms with Crippen molar-refractivity contribution in [2.75, 3.05) is 12.3 Å². The van der Waals surface area contributed by atoms with Crippen LogP contribution in [0.3, 0.4) is 0 Å². The number of aromatic nitrogens is 2. The number of hydrogen-bond donors (Lipinski definition) is 10. The molecule has 196 valence electrons. The highest BCUT2D eigenvalue weighted by atomic mass is 32.1. The van der Waals surface area contributed by atoms with Gasteiger partial charge in [-0.1, -0.05) is 0 Å². The predicted molar refractivity (Wildman–Crippen MR) is 129 cm³/mol. The number of carbonyl (C=O) groups excluding carboxylic acids is 3. The van der Waals surface area contributed by atoms with Gasteiger partial charge < -0.3 is 48.3 Å². The molecule has 15 nitrogen and oxygen atoms in total. The number of aromatic amines is 1. The number of carboxylic acid groups (broad SMARTS) is 1. The summed E-state index contributed by atoms with van der Waals surface area (Å²) in [5, 5.41) is 26.2. The standard InChI is InChI=1S/C19H33N9O6S/c1-9(29)14(17(32)27-13(7-35)18(33)34)28-16(31)12(3-2-4-24-19(21)22)26-15(30)11(20)5-10-6-23-8-25-10/h6,8-9,11-14,29,35H,2-5,7,20H2,1H3,(H,23,25)(H,26,30)(H,27,32)(H,28,31)(H,33,34)(H4,21,22,24). The summed E-state index contributed by atoms with van der Waals surface area (Å²) < 4.78 is 0. The molecule has 1 aromatic heterocycles. The van der Waals surface area contributed by atoms with Crippen LogP contribution in [-0.2, 0) is 25.6 Å². The molecule has 0 fully saturated rings. The topological polar surface area (TPSA) is 264 Å². The molecule has 16 heteroatoms. The Kier molecular flexibility index (Phi) is 12.5. The Morgan fingerprint density at radius 1 is 1.14 bits per heavy atom. The highest BCUT2D eigenvalue weighted by Gasteiger charge is 2.32. The van der Waals surface area contributed by atoms with E-state index in [-0.39, 0.29) is 31.1 Å². The Morgan fingerprint density at radius 2 is 1.80 bits per heavy atom. The van der Waals surface area contributed by atoms with Gasteiger partial charge in [0.25, 0.3) is 0 Å². The number of nitrogens with zero attached hydrogens (tertiary/aromatic N) is 2. The average molecular weight is 516 g/mol. The first kappa shape index (κ1) is 29.7. The zero-order chi connectivity index (χ0) is 26.5. The van der Waals surface area contributed by atoms with Gasteiger partial charge in [-0.05, 0) is 19.8 Å². The summed E-state index contributed by atoms with van der Waals surface area (Å²) in [6.45, 7) is 1.42. The second-order valence-electron chi connectivity index (χ2n) is 7.71. The van der Waals surface area contributed by atoms with Crippen LogP contribution < -0.4 is 33.2 Å². The molecule has 1 aromatic rings. The number of hydrogen-bond acceptors (Lipinski definition) is 9. The van der Waals surface area contributed by atoms with Crippen LogP contribution in [0.5, 0.6) is 0 Å². The van der Waals surface area contributed by atoms with Crippen molar-refractivity contribution in [2.24, 2.45) is 22.2 Å². The van der Waals surface area contributed by atoms with E-state index in [4.69, 9.17) is 22.3 Å². The molecule has 0 aliphatic rings. The number of aliphatic imine (C=N–C) groups is 1. The molecule has 0 aliphatic heterocycles. The third-order valence-corrected chi connectivity index (χ3v) is 5.13. The number of carboxylic acids is 1. The largest absolute Gasteiger partial charge is 0.480 e. The molecule has 35 heavy (non-hydrogen) atoms. The Balaban J connectivity index is 2.93. The predicted octanol–water partition coefficient (Wildman–Crippen LogP) is -3.82. The van der Waals surface area contributed by atoms with Crippen molar-refractivity contribution in [3.05, 3.63) is 18.2 Å². The number of nitrogens with one attached hydrogen (secondary N) is 4. The Bertz CT molecular complexity index is 876. The molecule has 12 N–H and O–H groups in total. The second kappa shape index (κ2) is 14.8. The van der Waals surface area contributed by atoms with Crippen LogP contribution in [0.2, 0.25) is 0 Å². The number of aliphatic carboxylic acids is 1. The van der Waals surface area contributed by atoms with E-state index in [0.717, 1.165) is 0 Å². The summed E-state index contributed by atoms with van der Waals surface area (Å²) in [7, 11) is 0. The minimum absolute atomic E-state index is 0.0771. The fraction of sp³-hybridized carbons (Fsp3) is 0.579. The summed E-state index contributed by atoms with van der Waals surface area (Å²) in [6.07, 6.45) is 2.06. The van der Waals surface area contributed by atoms with Gasteiger partial charge in [0.05, 0.1) is 18.5 Å². The van der Waals surface area contributed by atoms with Crippen LogP contribution in [0.15, 0.2) is 17.5 Å². The summed E-state index contributed by atoms with van der Waals surface area (Å²) in [5.74, 6) is -4.05. The molecule has 0 bridgehead atoms. The lowest BCUT2D eigenvalue weighted by molar-refractivity contribution is -0.142. The number of guanidine groups is 1. The molecule has 0 spiro atoms. The number of thiol groups is 1. The Labute approximate surface area is 207 Å². The summed E-state index contributed by atoms with van der Waals surface area (Å²) in [6, 6.07) is -5.00. The van der Waals surface area contributed by atoms with Gasteiger partial charge in [0, 0.05) is 30.6 Å². The van der Waals surface area contributed by atoms with Crippen LogP contribution >= 0.6 is 12.6 Å². The number of nitrogens with two attached hydrogens (primary N) is 3. The van der Waals surface area contributed by atoms with Crippen LogP contribution in [0.1, 0.15) is 25.5 Å². The molecule has 0 saturated carbocycles. The molecular formula is C19H33N9O6S. The average Bonchev–Trinajstić information content (AvgIpc) is 3.29. The van der Waals surface area contributed by atoms with E-state index < -0.39 is 54.0 Å². The molecule has 5 unspecified atom stereocenters. The molecule has 1 heterocycles. The number of H-pyrrole nitrogens is 1. The van der Waals surface area contributed by atoms with Crippen LogP contribution in [0.25, 0.3) is 0 Å². The first-order chi connectivity index (χ1) is 16.5. The lowest BCUT2D eigenvalue weighted by Crippen LogP contribution is -2.60. The zero-order valence-electron chi connectivity index (χ0n) is 19.2. The van der Waals surface area contributed by atoms with Gasteiger partial charge in [-0.3, -0.25) is 19.4 Å². The van der Waals surface area contributed by atoms with E-state index in [1.165, 1.54) is 19.4 Å². The molecule has 3 amide bonds. The first-order valence-electron chi connectivity index (χ1n) is 10.7. The lowest BCUT2D eigenvalue weighted by atomic mass is 10.1. The normalized spacial score (nSPS) is 15.1. The summed E-state index contributed by atoms with van der Waals surface area (Å²) >= 11 is 3.86. The van der Waals surface area contributed by atoms with Crippen LogP contribution in [0.4, 0.5) is 0 Å². The minimum Gasteiger partial charge on any atom is -0.480 e. The monoisotopic (exact) mass is 515 g/mol. The maximum absolute atomic E-state index is 13.0. The first-order valence-corrected chi connectivity index (χ1v) is 11.3. The quantitative estimate of drug-likeness (QED) is 0.0470. The van der Waals surface area contributed by atoms with Crippen molar-refractivity contribution in [3.63, 3.8) is 0 Å². The molecule has 0 aliphatic carbocycles. The second-order valence-corrected chi connectivity index (χ2v) is 8.07. The molecule has 0 aromatic carbocycles. The van der Waals surface area contributed by atoms with Crippen molar-refractivity contribution >= 4 is 42.3 Å². The Hall–Kier alpha value is -3.37. The van der Waals surface area contributed by atoms with E-state index >= 15 is 0 Å². The maximum Gasteiger partial charge on any atom is 0.327 e. The number of imidazole rings is 1. The van der Waals surface area contributed by atoms with Gasteiger partial charge in [0.15, 0.2) is 5.96 Å². The smallest absolute Gasteiger partial charge is 0.327 e. The number of aliphatic hydroxyl groups excluding tert-OH is 1. The molecule has 0 radical (unpaired) electrons. The maximum atomic E-state index is 13.0. The third kappa shape index (κ3) is 10.6. The van der Waals surface area contributed by atoms with Crippen molar-refractivity contribution in [1.82, 2.24) is 25.9 Å². The highest BCUT2D eigenvalue weighted by molar-refractivity contribution is 7.80. The Morgan fingerprint density at radius 3 is 2.31 bits per heavy atom. The fourth-order valence-corrected chi connectivity index (χ4v) is 3.13. The van der Waals surface area contributed by atoms with Crippen LogP contribution in [-0.4, -0.2) is 92.4 Å². The van der Waals surface area contributed by atoms with Gasteiger partial charge in [-0.15, -0.1) is 0 Å². The van der Waals surface area contributed by atoms with Crippen LogP contribution in [0, 0.1) is 0 Å². The van der Waals surface area contributed by atoms with E-state index in [9.17, 15) is 24.3 Å². The summed E-state index contributed by atoms with van der Waals surface area (Å²) in [5.41, 5.74) is 17.1. The number of aliphatic hydroxyl groups is 1. The van der Waals surface area contributed by atoms with E-state index in [0.29, 0.717) is 12.1 Å². The van der Waals surface area contributed by atoms with Crippen molar-refractivity contribution in [3.8, 4) is 0 Å². The summed E-state index contributed by atoms with van der Waals surface area (Å²) in [4.78, 5) is 59.8. The molecule has 1 rings (SSSR count). The number of carbonyl (C=O) groups is 4. The highest BCUT2D eigenvalue weighted by Crippen LogP contribution is 2.04. The van der Waals surface area contributed by atoms with Crippen molar-refractivity contribution in [2.45, 2.75) is 56.5 Å². The zero-order valence-corrected chi connectivity index (χ0v) is 20.1. The van der Waals surface area contributed by atoms with Gasteiger partial charge in [-0.25, -0.2) is 9.78 Å². The number of amides is 3. The fourth-order valence-electron chi connectivity index (χ4n) is 2.88. The molecular weight excluding hydrogens is 482 g/mol. The van der Waals surface area contributed by atoms with E-state index in [1.807, 2.05) is 0 Å². The van der Waals surface area contributed by atoms with Gasteiger partial charge in [0.1, 0.15) is 18.1 Å². The van der Waals surface area contributed by atoms with Crippen molar-refractivity contribution < 1.29 is 29.4 Å². The SMILES string of the molecule is CC(O)C(NC(=O)C(CCCN=C(N)N)NC(=O)C(N)Cc1cnc[nH]1)C(=O)NC(CS)C(=O)O. The van der Waals surface area contributed by atoms with Gasteiger partial charge >= 0.3 is 5.97 Å². The minimum atomic E-state index is -1.50. The third-order valence-electron chi connectivity index (χ3n) is 4.77. The molecule has 0 saturated heterocycles. The van der Waals surface area contributed by atoms with Crippen molar-refractivity contribution in [1.29, 1.82) is 0 Å². The molecule has 5 atom stereocenters. The number of rotatable bonds is 15. The lowest BCUT2D eigenvalue weighted by Gasteiger charge is -2.26. The van der Waals surface area contributed by atoms with E-state index in [2.05, 4.69) is 43.5 Å². The van der Waals surface area contributed by atoms with Gasteiger partial charge in [-0.2, -0.15) is 12.6 Å². The van der Waals surface area contributed by atoms with E-state index in [1.54, 1.807) is 0 Å².